The molecule has 0 bridgehead atoms. The van der Waals surface area contributed by atoms with Gasteiger partial charge < -0.3 is 10.2 Å². The third kappa shape index (κ3) is 3.68. The molecule has 1 aromatic rings. The van der Waals surface area contributed by atoms with Crippen molar-refractivity contribution in [3.63, 3.8) is 0 Å². The third-order valence-electron chi connectivity index (χ3n) is 2.97. The van der Waals surface area contributed by atoms with Gasteiger partial charge in [-0.15, -0.1) is 11.3 Å². The van der Waals surface area contributed by atoms with Crippen LogP contribution in [0.25, 0.3) is 0 Å². The van der Waals surface area contributed by atoms with Gasteiger partial charge in [0.1, 0.15) is 0 Å². The molecule has 0 amide bonds. The molecular weight excluding hydrogens is 230 g/mol. The molecule has 17 heavy (non-hydrogen) atoms. The monoisotopic (exact) mass is 253 g/mol. The molecule has 1 fully saturated rings. The van der Waals surface area contributed by atoms with E-state index in [4.69, 9.17) is 0 Å². The smallest absolute Gasteiger partial charge is 0.185 e. The van der Waals surface area contributed by atoms with Crippen LogP contribution in [0.4, 0.5) is 5.13 Å². The predicted molar refractivity (Wildman–Crippen MR) is 74.8 cm³/mol. The minimum Gasteiger partial charge on any atom is -0.345 e. The summed E-state index contributed by atoms with van der Waals surface area (Å²) in [6, 6.07) is 0.776. The molecule has 1 N–H and O–H groups in total. The Morgan fingerprint density at radius 3 is 2.88 bits per heavy atom. The van der Waals surface area contributed by atoms with E-state index in [9.17, 15) is 0 Å². The second-order valence-electron chi connectivity index (χ2n) is 4.71. The normalized spacial score (nSPS) is 15.2. The number of hydrogen-bond acceptors (Lipinski definition) is 4. The Bertz CT molecular complexity index is 333. The van der Waals surface area contributed by atoms with E-state index in [1.54, 1.807) is 0 Å². The lowest BCUT2D eigenvalue weighted by Crippen LogP contribution is -2.26. The number of hydrogen-bond donors (Lipinski definition) is 1. The average Bonchev–Trinajstić information content (AvgIpc) is 3.06. The van der Waals surface area contributed by atoms with Crippen LogP contribution in [0, 0.1) is 0 Å². The van der Waals surface area contributed by atoms with Crippen molar-refractivity contribution in [2.45, 2.75) is 52.1 Å². The van der Waals surface area contributed by atoms with E-state index in [2.05, 4.69) is 29.0 Å². The number of thiazole rings is 1. The molecule has 0 aromatic carbocycles. The van der Waals surface area contributed by atoms with Crippen molar-refractivity contribution in [1.82, 2.24) is 10.3 Å². The zero-order valence-electron chi connectivity index (χ0n) is 10.9. The van der Waals surface area contributed by atoms with Crippen LogP contribution in [-0.2, 0) is 6.54 Å². The largest absolute Gasteiger partial charge is 0.345 e. The van der Waals surface area contributed by atoms with Gasteiger partial charge in [0.15, 0.2) is 5.13 Å². The molecule has 0 aliphatic heterocycles. The number of anilines is 1. The van der Waals surface area contributed by atoms with Crippen LogP contribution in [0.1, 0.15) is 44.4 Å². The quantitative estimate of drug-likeness (QED) is 0.722. The number of rotatable bonds is 8. The molecule has 0 spiro atoms. The van der Waals surface area contributed by atoms with Gasteiger partial charge in [-0.1, -0.05) is 13.8 Å². The topological polar surface area (TPSA) is 28.2 Å². The van der Waals surface area contributed by atoms with Crippen molar-refractivity contribution < 1.29 is 0 Å². The van der Waals surface area contributed by atoms with Gasteiger partial charge in [0.05, 0.1) is 0 Å². The maximum Gasteiger partial charge on any atom is 0.185 e. The lowest BCUT2D eigenvalue weighted by Gasteiger charge is -2.20. The molecule has 2 rings (SSSR count). The van der Waals surface area contributed by atoms with Gasteiger partial charge in [0.2, 0.25) is 0 Å². The summed E-state index contributed by atoms with van der Waals surface area (Å²) in [5.74, 6) is 0. The Morgan fingerprint density at radius 2 is 2.24 bits per heavy atom. The van der Waals surface area contributed by atoms with Gasteiger partial charge in [-0.05, 0) is 32.2 Å². The maximum absolute atomic E-state index is 4.58. The van der Waals surface area contributed by atoms with Crippen molar-refractivity contribution in [3.05, 3.63) is 11.1 Å². The summed E-state index contributed by atoms with van der Waals surface area (Å²) in [6.45, 7) is 7.65. The fourth-order valence-corrected chi connectivity index (χ4v) is 2.94. The van der Waals surface area contributed by atoms with Gasteiger partial charge in [-0.2, -0.15) is 0 Å². The lowest BCUT2D eigenvalue weighted by molar-refractivity contribution is 0.681. The van der Waals surface area contributed by atoms with Gasteiger partial charge in [-0.3, -0.25) is 0 Å². The van der Waals surface area contributed by atoms with Gasteiger partial charge in [0, 0.05) is 30.2 Å². The molecule has 1 heterocycles. The van der Waals surface area contributed by atoms with Gasteiger partial charge in [0.25, 0.3) is 0 Å². The lowest BCUT2D eigenvalue weighted by atomic mass is 10.4. The highest BCUT2D eigenvalue weighted by atomic mass is 32.1. The van der Waals surface area contributed by atoms with Crippen LogP contribution in [0.5, 0.6) is 0 Å². The second kappa shape index (κ2) is 6.36. The molecule has 1 aromatic heterocycles. The van der Waals surface area contributed by atoms with Crippen molar-refractivity contribution in [2.24, 2.45) is 0 Å². The molecule has 0 saturated heterocycles. The SMILES string of the molecule is CCCNCc1cnc(N(CCC)C2CC2)s1. The van der Waals surface area contributed by atoms with Gasteiger partial charge >= 0.3 is 0 Å². The molecule has 0 unspecified atom stereocenters. The van der Waals surface area contributed by atoms with Crippen LogP contribution in [-0.4, -0.2) is 24.1 Å². The molecule has 1 aliphatic carbocycles. The molecule has 3 nitrogen and oxygen atoms in total. The Balaban J connectivity index is 1.90. The zero-order chi connectivity index (χ0) is 12.1. The zero-order valence-corrected chi connectivity index (χ0v) is 11.7. The summed E-state index contributed by atoms with van der Waals surface area (Å²) in [5, 5.41) is 4.66. The van der Waals surface area contributed by atoms with E-state index in [-0.39, 0.29) is 0 Å². The molecule has 1 saturated carbocycles. The van der Waals surface area contributed by atoms with E-state index in [0.29, 0.717) is 0 Å². The number of nitrogens with zero attached hydrogens (tertiary/aromatic N) is 2. The molecular formula is C13H23N3S. The minimum absolute atomic E-state index is 0.776. The second-order valence-corrected chi connectivity index (χ2v) is 5.80. The maximum atomic E-state index is 4.58. The average molecular weight is 253 g/mol. The summed E-state index contributed by atoms with van der Waals surface area (Å²) in [5.41, 5.74) is 0. The first-order chi connectivity index (χ1) is 8.35. The van der Waals surface area contributed by atoms with E-state index in [0.717, 1.165) is 25.7 Å². The van der Waals surface area contributed by atoms with E-state index in [1.165, 1.54) is 35.7 Å². The number of nitrogens with one attached hydrogen (secondary N) is 1. The molecule has 96 valence electrons. The van der Waals surface area contributed by atoms with E-state index >= 15 is 0 Å². The van der Waals surface area contributed by atoms with Crippen molar-refractivity contribution in [3.8, 4) is 0 Å². The van der Waals surface area contributed by atoms with Crippen LogP contribution in [0.3, 0.4) is 0 Å². The highest BCUT2D eigenvalue weighted by molar-refractivity contribution is 7.15. The van der Waals surface area contributed by atoms with Crippen molar-refractivity contribution >= 4 is 16.5 Å². The highest BCUT2D eigenvalue weighted by Gasteiger charge is 2.30. The summed E-state index contributed by atoms with van der Waals surface area (Å²) < 4.78 is 0. The summed E-state index contributed by atoms with van der Waals surface area (Å²) in [6.07, 6.45) is 7.13. The first-order valence-corrected chi connectivity index (χ1v) is 7.58. The molecule has 1 aliphatic rings. The Morgan fingerprint density at radius 1 is 1.41 bits per heavy atom. The van der Waals surface area contributed by atoms with Crippen LogP contribution >= 0.6 is 11.3 Å². The first-order valence-electron chi connectivity index (χ1n) is 6.77. The highest BCUT2D eigenvalue weighted by Crippen LogP contribution is 2.34. The first kappa shape index (κ1) is 12.8. The summed E-state index contributed by atoms with van der Waals surface area (Å²) in [7, 11) is 0. The van der Waals surface area contributed by atoms with Crippen molar-refractivity contribution in [2.75, 3.05) is 18.0 Å². The number of aromatic nitrogens is 1. The fourth-order valence-electron chi connectivity index (χ4n) is 1.96. The summed E-state index contributed by atoms with van der Waals surface area (Å²) >= 11 is 1.85. The Labute approximate surface area is 108 Å². The van der Waals surface area contributed by atoms with Crippen molar-refractivity contribution in [1.29, 1.82) is 0 Å². The van der Waals surface area contributed by atoms with E-state index in [1.807, 2.05) is 17.5 Å². The van der Waals surface area contributed by atoms with Gasteiger partial charge in [-0.25, -0.2) is 4.98 Å². The van der Waals surface area contributed by atoms with E-state index < -0.39 is 0 Å². The Kier molecular flexibility index (Phi) is 4.80. The van der Waals surface area contributed by atoms with Crippen LogP contribution < -0.4 is 10.2 Å². The standard InChI is InChI=1S/C13H23N3S/c1-3-7-14-9-12-10-15-13(17-12)16(8-4-2)11-5-6-11/h10-11,14H,3-9H2,1-2H3. The fraction of sp³-hybridized carbons (Fsp3) is 0.769. The molecule has 0 atom stereocenters. The molecule has 0 radical (unpaired) electrons. The van der Waals surface area contributed by atoms with Crippen LogP contribution in [0.2, 0.25) is 0 Å². The molecule has 4 heteroatoms. The summed E-state index contributed by atoms with van der Waals surface area (Å²) in [4.78, 5) is 8.43. The minimum atomic E-state index is 0.776. The Hall–Kier alpha value is -0.610. The predicted octanol–water partition coefficient (Wildman–Crippen LogP) is 3.02. The third-order valence-corrected chi connectivity index (χ3v) is 4.00. The van der Waals surface area contributed by atoms with Crippen LogP contribution in [0.15, 0.2) is 6.20 Å².